The minimum atomic E-state index is -0.243. The Balaban J connectivity index is 2.45. The van der Waals surface area contributed by atoms with E-state index in [2.05, 4.69) is 15.3 Å². The van der Waals surface area contributed by atoms with Crippen LogP contribution < -0.4 is 5.32 Å². The molecule has 17 heavy (non-hydrogen) atoms. The Hall–Kier alpha value is -1.97. The van der Waals surface area contributed by atoms with Crippen molar-refractivity contribution in [3.05, 3.63) is 42.0 Å². The summed E-state index contributed by atoms with van der Waals surface area (Å²) >= 11 is 0. The maximum absolute atomic E-state index is 12.9. The molecule has 2 aromatic rings. The highest BCUT2D eigenvalue weighted by Gasteiger charge is 2.08. The van der Waals surface area contributed by atoms with Gasteiger partial charge in [0.25, 0.3) is 0 Å². The molecule has 0 unspecified atom stereocenters. The van der Waals surface area contributed by atoms with Gasteiger partial charge in [-0.25, -0.2) is 14.4 Å². The monoisotopic (exact) mass is 231 g/mol. The van der Waals surface area contributed by atoms with Gasteiger partial charge in [-0.15, -0.1) is 0 Å². The van der Waals surface area contributed by atoms with Crippen molar-refractivity contribution < 1.29 is 4.39 Å². The number of anilines is 1. The Kier molecular flexibility index (Phi) is 3.32. The van der Waals surface area contributed by atoms with Crippen molar-refractivity contribution in [2.24, 2.45) is 0 Å². The molecule has 0 saturated carbocycles. The predicted molar refractivity (Wildman–Crippen MR) is 66.3 cm³/mol. The maximum Gasteiger partial charge on any atom is 0.132 e. The Bertz CT molecular complexity index is 509. The van der Waals surface area contributed by atoms with Crippen molar-refractivity contribution in [3.8, 4) is 11.3 Å². The van der Waals surface area contributed by atoms with Gasteiger partial charge in [-0.2, -0.15) is 0 Å². The lowest BCUT2D eigenvalue weighted by atomic mass is 10.1. The zero-order valence-corrected chi connectivity index (χ0v) is 9.87. The molecule has 1 heterocycles. The van der Waals surface area contributed by atoms with E-state index >= 15 is 0 Å². The molecule has 0 spiro atoms. The molecule has 4 heteroatoms. The number of rotatable bonds is 3. The lowest BCUT2D eigenvalue weighted by molar-refractivity contribution is 0.628. The van der Waals surface area contributed by atoms with Gasteiger partial charge in [0.2, 0.25) is 0 Å². The van der Waals surface area contributed by atoms with Crippen molar-refractivity contribution in [2.45, 2.75) is 13.8 Å². The topological polar surface area (TPSA) is 37.8 Å². The average Bonchev–Trinajstić information content (AvgIpc) is 2.34. The maximum atomic E-state index is 12.9. The zero-order valence-electron chi connectivity index (χ0n) is 9.87. The van der Waals surface area contributed by atoms with Crippen molar-refractivity contribution in [3.63, 3.8) is 0 Å². The first-order chi connectivity index (χ1) is 8.22. The molecule has 88 valence electrons. The second-order valence-electron chi connectivity index (χ2n) is 3.73. The highest BCUT2D eigenvalue weighted by molar-refractivity contribution is 5.67. The van der Waals surface area contributed by atoms with Gasteiger partial charge in [-0.1, -0.05) is 0 Å². The molecule has 0 amide bonds. The molecule has 1 aromatic carbocycles. The van der Waals surface area contributed by atoms with Crippen molar-refractivity contribution >= 4 is 5.82 Å². The van der Waals surface area contributed by atoms with Crippen LogP contribution in [-0.2, 0) is 0 Å². The minimum Gasteiger partial charge on any atom is -0.370 e. The smallest absolute Gasteiger partial charge is 0.132 e. The van der Waals surface area contributed by atoms with Crippen LogP contribution in [0.2, 0.25) is 0 Å². The Morgan fingerprint density at radius 1 is 1.18 bits per heavy atom. The molecule has 2 rings (SSSR count). The third kappa shape index (κ3) is 2.41. The van der Waals surface area contributed by atoms with Crippen LogP contribution in [0.3, 0.4) is 0 Å². The molecule has 0 aliphatic rings. The lowest BCUT2D eigenvalue weighted by Crippen LogP contribution is -2.03. The molecule has 0 bridgehead atoms. The average molecular weight is 231 g/mol. The molecule has 0 aliphatic heterocycles. The summed E-state index contributed by atoms with van der Waals surface area (Å²) in [6.45, 7) is 4.77. The van der Waals surface area contributed by atoms with E-state index in [1.54, 1.807) is 12.1 Å². The second-order valence-corrected chi connectivity index (χ2v) is 3.73. The summed E-state index contributed by atoms with van der Waals surface area (Å²) in [5, 5.41) is 3.17. The van der Waals surface area contributed by atoms with E-state index in [0.29, 0.717) is 0 Å². The number of halogens is 1. The van der Waals surface area contributed by atoms with Gasteiger partial charge in [-0.05, 0) is 38.1 Å². The summed E-state index contributed by atoms with van der Waals surface area (Å²) in [6, 6.07) is 6.31. The van der Waals surface area contributed by atoms with E-state index < -0.39 is 0 Å². The standard InChI is InChI=1S/C13H14FN3/c1-3-15-13-9(2)12(16-8-17-13)10-4-6-11(14)7-5-10/h4-8H,3H2,1-2H3,(H,15,16,17). The van der Waals surface area contributed by atoms with E-state index in [4.69, 9.17) is 0 Å². The third-order valence-electron chi connectivity index (χ3n) is 2.55. The fourth-order valence-electron chi connectivity index (χ4n) is 1.69. The number of aromatic nitrogens is 2. The molecule has 0 saturated heterocycles. The Morgan fingerprint density at radius 2 is 1.88 bits per heavy atom. The highest BCUT2D eigenvalue weighted by Crippen LogP contribution is 2.24. The third-order valence-corrected chi connectivity index (χ3v) is 2.55. The largest absolute Gasteiger partial charge is 0.370 e. The van der Waals surface area contributed by atoms with Gasteiger partial charge >= 0.3 is 0 Å². The van der Waals surface area contributed by atoms with Gasteiger partial charge in [0.15, 0.2) is 0 Å². The number of benzene rings is 1. The molecule has 0 fully saturated rings. The first-order valence-corrected chi connectivity index (χ1v) is 5.53. The molecule has 0 radical (unpaired) electrons. The van der Waals surface area contributed by atoms with Gasteiger partial charge in [-0.3, -0.25) is 0 Å². The van der Waals surface area contributed by atoms with Crippen LogP contribution >= 0.6 is 0 Å². The second kappa shape index (κ2) is 4.91. The van der Waals surface area contributed by atoms with Crippen LogP contribution in [0.5, 0.6) is 0 Å². The van der Waals surface area contributed by atoms with Crippen molar-refractivity contribution in [1.82, 2.24) is 9.97 Å². The first kappa shape index (κ1) is 11.5. The summed E-state index contributed by atoms with van der Waals surface area (Å²) in [6.07, 6.45) is 1.52. The summed E-state index contributed by atoms with van der Waals surface area (Å²) < 4.78 is 12.9. The molecular formula is C13H14FN3. The zero-order chi connectivity index (χ0) is 12.3. The minimum absolute atomic E-state index is 0.243. The Morgan fingerprint density at radius 3 is 2.53 bits per heavy atom. The van der Waals surface area contributed by atoms with E-state index in [-0.39, 0.29) is 5.82 Å². The van der Waals surface area contributed by atoms with E-state index in [0.717, 1.165) is 29.2 Å². The fraction of sp³-hybridized carbons (Fsp3) is 0.231. The van der Waals surface area contributed by atoms with Crippen molar-refractivity contribution in [2.75, 3.05) is 11.9 Å². The first-order valence-electron chi connectivity index (χ1n) is 5.53. The van der Waals surface area contributed by atoms with Crippen LogP contribution in [0.1, 0.15) is 12.5 Å². The van der Waals surface area contributed by atoms with Gasteiger partial charge in [0.1, 0.15) is 18.0 Å². The van der Waals surface area contributed by atoms with E-state index in [1.807, 2.05) is 13.8 Å². The molecule has 0 aliphatic carbocycles. The van der Waals surface area contributed by atoms with Crippen molar-refractivity contribution in [1.29, 1.82) is 0 Å². The normalized spacial score (nSPS) is 10.3. The summed E-state index contributed by atoms with van der Waals surface area (Å²) in [5.74, 6) is 0.578. The molecular weight excluding hydrogens is 217 g/mol. The SMILES string of the molecule is CCNc1ncnc(-c2ccc(F)cc2)c1C. The van der Waals surface area contributed by atoms with Crippen LogP contribution in [0.25, 0.3) is 11.3 Å². The van der Waals surface area contributed by atoms with Crippen LogP contribution in [0.15, 0.2) is 30.6 Å². The fourth-order valence-corrected chi connectivity index (χ4v) is 1.69. The molecule has 1 N–H and O–H groups in total. The van der Waals surface area contributed by atoms with Crippen LogP contribution in [0, 0.1) is 12.7 Å². The molecule has 0 atom stereocenters. The number of hydrogen-bond acceptors (Lipinski definition) is 3. The van der Waals surface area contributed by atoms with E-state index in [9.17, 15) is 4.39 Å². The summed E-state index contributed by atoms with van der Waals surface area (Å²) in [5.41, 5.74) is 2.70. The van der Waals surface area contributed by atoms with Gasteiger partial charge in [0.05, 0.1) is 5.69 Å². The molecule has 3 nitrogen and oxygen atoms in total. The number of nitrogens with zero attached hydrogens (tertiary/aromatic N) is 2. The van der Waals surface area contributed by atoms with Crippen LogP contribution in [0.4, 0.5) is 10.2 Å². The predicted octanol–water partition coefficient (Wildman–Crippen LogP) is 3.02. The van der Waals surface area contributed by atoms with Gasteiger partial charge < -0.3 is 5.32 Å². The van der Waals surface area contributed by atoms with Gasteiger partial charge in [0, 0.05) is 17.7 Å². The quantitative estimate of drug-likeness (QED) is 0.882. The number of nitrogens with one attached hydrogen (secondary N) is 1. The number of hydrogen-bond donors (Lipinski definition) is 1. The van der Waals surface area contributed by atoms with E-state index in [1.165, 1.54) is 18.5 Å². The van der Waals surface area contributed by atoms with Crippen LogP contribution in [-0.4, -0.2) is 16.5 Å². The highest BCUT2D eigenvalue weighted by atomic mass is 19.1. The molecule has 1 aromatic heterocycles. The Labute approximate surface area is 99.7 Å². The lowest BCUT2D eigenvalue weighted by Gasteiger charge is -2.10. The summed E-state index contributed by atoms with van der Waals surface area (Å²) in [4.78, 5) is 8.42. The summed E-state index contributed by atoms with van der Waals surface area (Å²) in [7, 11) is 0.